The molecule has 7 nitrogen and oxygen atoms in total. The van der Waals surface area contributed by atoms with Crippen molar-refractivity contribution in [3.05, 3.63) is 20.2 Å². The molecule has 9 heavy (non-hydrogen) atoms. The van der Waals surface area contributed by atoms with Crippen LogP contribution in [0.15, 0.2) is 0 Å². The third kappa shape index (κ3) is 54.2. The fourth-order valence-corrected chi connectivity index (χ4v) is 0. The summed E-state index contributed by atoms with van der Waals surface area (Å²) < 4.78 is 9.72. The second kappa shape index (κ2) is 9.68. The lowest BCUT2D eigenvalue weighted by atomic mass is 13.1. The van der Waals surface area contributed by atoms with E-state index < -0.39 is 10.2 Å². The van der Waals surface area contributed by atoms with Crippen LogP contribution in [0.25, 0.3) is 0 Å². The molecular formula is H2F2N2O5. The maximum absolute atomic E-state index is 9.72. The van der Waals surface area contributed by atoms with Gasteiger partial charge in [0.05, 0.1) is 0 Å². The first-order chi connectivity index (χ1) is 3.46. The van der Waals surface area contributed by atoms with Crippen molar-refractivity contribution in [3.8, 4) is 0 Å². The van der Waals surface area contributed by atoms with Gasteiger partial charge in [0.25, 0.3) is 10.2 Å². The molecule has 0 aromatic rings. The molecule has 0 aliphatic rings. The van der Waals surface area contributed by atoms with Gasteiger partial charge in [-0.05, 0) is 0 Å². The highest BCUT2D eigenvalue weighted by Crippen LogP contribution is 1.54. The molecule has 0 heterocycles. The van der Waals surface area contributed by atoms with Gasteiger partial charge in [-0.15, -0.1) is 10.1 Å². The highest BCUT2D eigenvalue weighted by molar-refractivity contribution is 3.84. The Kier molecular flexibility index (Phi) is 16.8. The molecule has 0 aliphatic heterocycles. The van der Waals surface area contributed by atoms with Gasteiger partial charge >= 0.3 is 0 Å². The van der Waals surface area contributed by atoms with E-state index in [1.807, 2.05) is 0 Å². The van der Waals surface area contributed by atoms with Crippen molar-refractivity contribution in [3.63, 3.8) is 0 Å². The van der Waals surface area contributed by atoms with Crippen LogP contribution in [0.2, 0.25) is 0 Å². The lowest BCUT2D eigenvalue weighted by Gasteiger charge is -1.56. The molecule has 0 aliphatic carbocycles. The van der Waals surface area contributed by atoms with Gasteiger partial charge in [0.1, 0.15) is 0 Å². The standard InChI is InChI=1S/FNO2.FH.HNO3/c1-2(3)4;;2-1(3)4/h;1H;(H,2,3,4). The van der Waals surface area contributed by atoms with Crippen LogP contribution in [0.1, 0.15) is 0 Å². The number of rotatable bonds is 0. The van der Waals surface area contributed by atoms with Crippen LogP contribution in [-0.2, 0) is 0 Å². The van der Waals surface area contributed by atoms with Gasteiger partial charge in [-0.2, -0.15) is 0 Å². The smallest absolute Gasteiger partial charge is 0.291 e. The Balaban J connectivity index is -0.0000000720. The van der Waals surface area contributed by atoms with Crippen molar-refractivity contribution in [2.24, 2.45) is 0 Å². The van der Waals surface area contributed by atoms with Crippen LogP contribution in [0.5, 0.6) is 0 Å². The number of nitro groups is 1. The van der Waals surface area contributed by atoms with E-state index in [2.05, 4.69) is 0 Å². The normalized spacial score (nSPS) is 5.44. The van der Waals surface area contributed by atoms with Crippen LogP contribution >= 0.6 is 0 Å². The molecule has 0 atom stereocenters. The number of nitrogens with zero attached hydrogens (tertiary/aromatic N) is 2. The number of hydrogen-bond acceptors (Lipinski definition) is 4. The molecular weight excluding hydrogens is 146 g/mol. The van der Waals surface area contributed by atoms with Crippen molar-refractivity contribution in [2.75, 3.05) is 0 Å². The predicted molar refractivity (Wildman–Crippen MR) is 19.4 cm³/mol. The highest BCUT2D eigenvalue weighted by atomic mass is 19.2. The van der Waals surface area contributed by atoms with Crippen LogP contribution in [0.3, 0.4) is 0 Å². The Hall–Kier alpha value is -1.54. The zero-order valence-corrected chi connectivity index (χ0v) is 3.76. The summed E-state index contributed by atoms with van der Waals surface area (Å²) in [6.45, 7) is 0. The predicted octanol–water partition coefficient (Wildman–Crippen LogP) is -0.0476. The fourth-order valence-electron chi connectivity index (χ4n) is 0. The molecule has 0 rings (SSSR count). The summed E-state index contributed by atoms with van der Waals surface area (Å²) >= 11 is 0. The minimum atomic E-state index is -2.00. The molecule has 0 spiro atoms. The quantitative estimate of drug-likeness (QED) is 0.294. The molecule has 0 fully saturated rings. The summed E-state index contributed by atoms with van der Waals surface area (Å²) in [5.74, 6) is 0. The van der Waals surface area contributed by atoms with Gasteiger partial charge in [0, 0.05) is 0 Å². The second-order valence-electron chi connectivity index (χ2n) is 0.450. The molecule has 0 amide bonds. The Labute approximate surface area is 46.3 Å². The summed E-state index contributed by atoms with van der Waals surface area (Å²) in [5.41, 5.74) is 0. The molecule has 1 N–H and O–H groups in total. The van der Waals surface area contributed by atoms with E-state index in [1.54, 1.807) is 0 Å². The van der Waals surface area contributed by atoms with Gasteiger partial charge in [-0.25, -0.2) is 10.1 Å². The summed E-state index contributed by atoms with van der Waals surface area (Å²) in [4.78, 5) is 16.5. The average molecular weight is 148 g/mol. The van der Waals surface area contributed by atoms with Crippen molar-refractivity contribution >= 4 is 0 Å². The number of halogens is 2. The van der Waals surface area contributed by atoms with Gasteiger partial charge in [0.15, 0.2) is 4.48 Å². The Bertz CT molecular complexity index is 71.0. The Morgan fingerprint density at radius 2 is 1.33 bits per heavy atom. The highest BCUT2D eigenvalue weighted by Gasteiger charge is 1.71. The van der Waals surface area contributed by atoms with Gasteiger partial charge in [-0.3, -0.25) is 4.70 Å². The number of hydrogen-bond donors (Lipinski definition) is 1. The molecule has 56 valence electrons. The first kappa shape index (κ1) is 15.7. The maximum Gasteiger partial charge on any atom is 0.291 e. The van der Waals surface area contributed by atoms with Gasteiger partial charge < -0.3 is 5.21 Å². The third-order valence-corrected chi connectivity index (χ3v) is 0. The van der Waals surface area contributed by atoms with Crippen molar-refractivity contribution < 1.29 is 24.6 Å². The van der Waals surface area contributed by atoms with E-state index in [0.29, 0.717) is 0 Å². The lowest BCUT2D eigenvalue weighted by molar-refractivity contribution is -0.742. The van der Waals surface area contributed by atoms with E-state index in [0.717, 1.165) is 0 Å². The first-order valence-electron chi connectivity index (χ1n) is 1.10. The summed E-state index contributed by atoms with van der Waals surface area (Å²) in [6.07, 6.45) is 0. The zero-order chi connectivity index (χ0) is 7.15. The molecule has 9 heteroatoms. The molecule has 0 aromatic carbocycles. The largest absolute Gasteiger partial charge is 0.328 e. The van der Waals surface area contributed by atoms with E-state index in [9.17, 15) is 4.48 Å². The molecule has 0 aromatic heterocycles. The van der Waals surface area contributed by atoms with Gasteiger partial charge in [-0.1, -0.05) is 0 Å². The van der Waals surface area contributed by atoms with Crippen LogP contribution < -0.4 is 0 Å². The minimum Gasteiger partial charge on any atom is -0.328 e. The van der Waals surface area contributed by atoms with E-state index in [1.165, 1.54) is 0 Å². The van der Waals surface area contributed by atoms with Crippen molar-refractivity contribution in [2.45, 2.75) is 0 Å². The second-order valence-corrected chi connectivity index (χ2v) is 0.450. The van der Waals surface area contributed by atoms with Crippen molar-refractivity contribution in [1.82, 2.24) is 0 Å². The topological polar surface area (TPSA) is 107 Å². The third-order valence-electron chi connectivity index (χ3n) is 0. The Morgan fingerprint density at radius 3 is 1.33 bits per heavy atom. The summed E-state index contributed by atoms with van der Waals surface area (Å²) in [6, 6.07) is 0. The van der Waals surface area contributed by atoms with Crippen LogP contribution in [0.4, 0.5) is 9.19 Å². The van der Waals surface area contributed by atoms with E-state index >= 15 is 0 Å². The lowest BCUT2D eigenvalue weighted by Crippen LogP contribution is -1.81. The van der Waals surface area contributed by atoms with Crippen LogP contribution in [-0.4, -0.2) is 15.4 Å². The van der Waals surface area contributed by atoms with Gasteiger partial charge in [0.2, 0.25) is 0 Å². The summed E-state index contributed by atoms with van der Waals surface area (Å²) in [5, 5.41) is 19.8. The summed E-state index contributed by atoms with van der Waals surface area (Å²) in [7, 11) is 0. The first-order valence-corrected chi connectivity index (χ1v) is 1.10. The molecule has 0 radical (unpaired) electrons. The fraction of sp³-hybridized carbons (Fsp3) is 0. The van der Waals surface area contributed by atoms with E-state index in [4.69, 9.17) is 25.4 Å². The molecule has 0 unspecified atom stereocenters. The zero-order valence-electron chi connectivity index (χ0n) is 3.76. The molecule has 0 saturated carbocycles. The molecule has 0 saturated heterocycles. The SMILES string of the molecule is F.O=[N+]([O-])F.O=[N+]([O-])O. The van der Waals surface area contributed by atoms with E-state index in [-0.39, 0.29) is 4.70 Å². The maximum atomic E-state index is 9.72. The molecule has 0 bridgehead atoms. The monoisotopic (exact) mass is 148 g/mol. The van der Waals surface area contributed by atoms with Crippen molar-refractivity contribution in [1.29, 1.82) is 0 Å². The minimum absolute atomic E-state index is 0. The van der Waals surface area contributed by atoms with Crippen LogP contribution in [0, 0.1) is 20.2 Å². The Morgan fingerprint density at radius 1 is 1.33 bits per heavy atom. The average Bonchev–Trinajstić information content (AvgIpc) is 1.25.